The topological polar surface area (TPSA) is 53.5 Å². The molecular formula is C17H22FN3O2. The van der Waals surface area contributed by atoms with Gasteiger partial charge in [-0.25, -0.2) is 9.37 Å². The highest BCUT2D eigenvalue weighted by Crippen LogP contribution is 2.49. The fourth-order valence-electron chi connectivity index (χ4n) is 4.05. The Morgan fingerprint density at radius 2 is 2.04 bits per heavy atom. The Kier molecular flexibility index (Phi) is 4.08. The van der Waals surface area contributed by atoms with Crippen LogP contribution in [-0.4, -0.2) is 53.8 Å². The molecule has 124 valence electrons. The molecule has 0 aromatic carbocycles. The van der Waals surface area contributed by atoms with Gasteiger partial charge in [0, 0.05) is 38.8 Å². The van der Waals surface area contributed by atoms with Gasteiger partial charge in [-0.3, -0.25) is 9.59 Å². The Morgan fingerprint density at radius 1 is 1.35 bits per heavy atom. The minimum atomic E-state index is -0.611. The average molecular weight is 319 g/mol. The molecule has 1 unspecified atom stereocenters. The molecule has 2 aliphatic rings. The summed E-state index contributed by atoms with van der Waals surface area (Å²) in [6.07, 6.45) is 5.48. The number of carbonyl (C=O) groups excluding carboxylic acids is 2. The first-order chi connectivity index (χ1) is 10.9. The van der Waals surface area contributed by atoms with E-state index in [-0.39, 0.29) is 22.9 Å². The van der Waals surface area contributed by atoms with Gasteiger partial charge < -0.3 is 9.80 Å². The maximum atomic E-state index is 13.9. The van der Waals surface area contributed by atoms with E-state index in [4.69, 9.17) is 0 Å². The number of amides is 2. The van der Waals surface area contributed by atoms with Crippen molar-refractivity contribution in [3.8, 4) is 0 Å². The van der Waals surface area contributed by atoms with Crippen molar-refractivity contribution < 1.29 is 14.0 Å². The van der Waals surface area contributed by atoms with E-state index in [0.29, 0.717) is 13.1 Å². The van der Waals surface area contributed by atoms with Crippen LogP contribution in [0, 0.1) is 17.2 Å². The fraction of sp³-hybridized carbons (Fsp3) is 0.588. The number of hydrogen-bond acceptors (Lipinski definition) is 3. The summed E-state index contributed by atoms with van der Waals surface area (Å²) >= 11 is 0. The molecule has 1 atom stereocenters. The van der Waals surface area contributed by atoms with Gasteiger partial charge >= 0.3 is 0 Å². The fourth-order valence-corrected chi connectivity index (χ4v) is 4.05. The van der Waals surface area contributed by atoms with Gasteiger partial charge in [-0.05, 0) is 25.0 Å². The molecule has 1 aromatic rings. The molecule has 2 amide bonds. The van der Waals surface area contributed by atoms with Gasteiger partial charge in [-0.2, -0.15) is 0 Å². The highest BCUT2D eigenvalue weighted by atomic mass is 19.1. The first-order valence-corrected chi connectivity index (χ1v) is 8.05. The van der Waals surface area contributed by atoms with Crippen LogP contribution in [0.1, 0.15) is 36.2 Å². The molecule has 1 aromatic heterocycles. The summed E-state index contributed by atoms with van der Waals surface area (Å²) in [5, 5.41) is 0. The summed E-state index contributed by atoms with van der Waals surface area (Å²) in [6.45, 7) is 0.873. The Hall–Kier alpha value is -1.98. The third kappa shape index (κ3) is 2.71. The van der Waals surface area contributed by atoms with Crippen molar-refractivity contribution in [3.63, 3.8) is 0 Å². The van der Waals surface area contributed by atoms with Crippen LogP contribution < -0.4 is 0 Å². The number of aromatic nitrogens is 1. The Balaban J connectivity index is 1.87. The molecule has 0 radical (unpaired) electrons. The van der Waals surface area contributed by atoms with Gasteiger partial charge in [-0.1, -0.05) is 12.8 Å². The zero-order valence-corrected chi connectivity index (χ0v) is 13.6. The van der Waals surface area contributed by atoms with Crippen molar-refractivity contribution in [2.45, 2.75) is 25.7 Å². The highest BCUT2D eigenvalue weighted by Gasteiger charge is 2.53. The second kappa shape index (κ2) is 5.91. The summed E-state index contributed by atoms with van der Waals surface area (Å²) in [7, 11) is 3.49. The third-order valence-electron chi connectivity index (χ3n) is 5.23. The zero-order valence-electron chi connectivity index (χ0n) is 13.6. The molecule has 1 aliphatic carbocycles. The van der Waals surface area contributed by atoms with E-state index in [9.17, 15) is 14.0 Å². The van der Waals surface area contributed by atoms with Crippen molar-refractivity contribution in [1.29, 1.82) is 0 Å². The molecule has 1 saturated heterocycles. The molecule has 1 spiro atoms. The summed E-state index contributed by atoms with van der Waals surface area (Å²) in [5.41, 5.74) is -0.305. The van der Waals surface area contributed by atoms with E-state index in [2.05, 4.69) is 4.98 Å². The van der Waals surface area contributed by atoms with Crippen LogP contribution in [0.4, 0.5) is 4.39 Å². The molecule has 2 heterocycles. The summed E-state index contributed by atoms with van der Waals surface area (Å²) < 4.78 is 13.9. The molecule has 2 fully saturated rings. The number of rotatable bonds is 2. The van der Waals surface area contributed by atoms with Crippen LogP contribution in [0.3, 0.4) is 0 Å². The van der Waals surface area contributed by atoms with Crippen LogP contribution in [-0.2, 0) is 4.79 Å². The number of pyridine rings is 1. The molecular weight excluding hydrogens is 297 g/mol. The number of halogens is 1. The second-order valence-corrected chi connectivity index (χ2v) is 6.87. The molecule has 0 bridgehead atoms. The van der Waals surface area contributed by atoms with Gasteiger partial charge in [0.1, 0.15) is 0 Å². The Morgan fingerprint density at radius 3 is 2.65 bits per heavy atom. The minimum Gasteiger partial charge on any atom is -0.349 e. The van der Waals surface area contributed by atoms with Crippen molar-refractivity contribution in [2.75, 3.05) is 27.2 Å². The lowest BCUT2D eigenvalue weighted by atomic mass is 9.76. The second-order valence-electron chi connectivity index (χ2n) is 6.87. The predicted octanol–water partition coefficient (Wildman–Crippen LogP) is 1.94. The lowest BCUT2D eigenvalue weighted by Gasteiger charge is -2.30. The van der Waals surface area contributed by atoms with E-state index < -0.39 is 11.7 Å². The maximum absolute atomic E-state index is 13.9. The van der Waals surface area contributed by atoms with Crippen LogP contribution in [0.15, 0.2) is 18.3 Å². The number of nitrogens with zero attached hydrogens (tertiary/aromatic N) is 3. The van der Waals surface area contributed by atoms with Crippen molar-refractivity contribution in [1.82, 2.24) is 14.8 Å². The first-order valence-electron chi connectivity index (χ1n) is 8.05. The molecule has 3 rings (SSSR count). The zero-order chi connectivity index (χ0) is 16.6. The summed E-state index contributed by atoms with van der Waals surface area (Å²) in [4.78, 5) is 32.3. The van der Waals surface area contributed by atoms with Gasteiger partial charge in [-0.15, -0.1) is 0 Å². The van der Waals surface area contributed by atoms with E-state index in [0.717, 1.165) is 25.7 Å². The first kappa shape index (κ1) is 15.9. The predicted molar refractivity (Wildman–Crippen MR) is 83.2 cm³/mol. The van der Waals surface area contributed by atoms with E-state index in [1.54, 1.807) is 23.9 Å². The number of carbonyl (C=O) groups is 2. The average Bonchev–Trinajstić information content (AvgIpc) is 3.14. The van der Waals surface area contributed by atoms with Gasteiger partial charge in [0.25, 0.3) is 5.91 Å². The van der Waals surface area contributed by atoms with Gasteiger partial charge in [0.05, 0.1) is 5.92 Å². The quantitative estimate of drug-likeness (QED) is 0.837. The smallest absolute Gasteiger partial charge is 0.275 e. The van der Waals surface area contributed by atoms with Crippen molar-refractivity contribution in [2.24, 2.45) is 11.3 Å². The molecule has 1 aliphatic heterocycles. The monoisotopic (exact) mass is 319 g/mol. The van der Waals surface area contributed by atoms with Crippen LogP contribution in [0.2, 0.25) is 0 Å². The largest absolute Gasteiger partial charge is 0.349 e. The standard InChI is InChI=1S/C17H22FN3O2/c1-20(2)15(22)12-10-21(11-17(12)7-3-4-8-17)16(23)14-13(18)6-5-9-19-14/h5-6,9,12H,3-4,7-8,10-11H2,1-2H3. The highest BCUT2D eigenvalue weighted by molar-refractivity contribution is 5.93. The molecule has 1 saturated carbocycles. The molecule has 0 N–H and O–H groups in total. The third-order valence-corrected chi connectivity index (χ3v) is 5.23. The SMILES string of the molecule is CN(C)C(=O)C1CN(C(=O)c2ncccc2F)CC12CCCC2. The lowest BCUT2D eigenvalue weighted by molar-refractivity contribution is -0.135. The van der Waals surface area contributed by atoms with Gasteiger partial charge in [0.15, 0.2) is 11.5 Å². The van der Waals surface area contributed by atoms with Crippen molar-refractivity contribution >= 4 is 11.8 Å². The molecule has 23 heavy (non-hydrogen) atoms. The number of hydrogen-bond donors (Lipinski definition) is 0. The Labute approximate surface area is 135 Å². The van der Waals surface area contributed by atoms with Crippen LogP contribution in [0.5, 0.6) is 0 Å². The normalized spacial score (nSPS) is 22.6. The van der Waals surface area contributed by atoms with E-state index in [1.807, 2.05) is 0 Å². The summed E-state index contributed by atoms with van der Waals surface area (Å²) in [5.74, 6) is -1.16. The van der Waals surface area contributed by atoms with Gasteiger partial charge in [0.2, 0.25) is 5.91 Å². The Bertz CT molecular complexity index is 626. The molecule has 6 heteroatoms. The lowest BCUT2D eigenvalue weighted by Crippen LogP contribution is -2.39. The van der Waals surface area contributed by atoms with E-state index in [1.165, 1.54) is 18.3 Å². The van der Waals surface area contributed by atoms with E-state index >= 15 is 0 Å². The van der Waals surface area contributed by atoms with Crippen LogP contribution >= 0.6 is 0 Å². The number of likely N-dealkylation sites (tertiary alicyclic amines) is 1. The van der Waals surface area contributed by atoms with Crippen LogP contribution in [0.25, 0.3) is 0 Å². The summed E-state index contributed by atoms with van der Waals surface area (Å²) in [6, 6.07) is 2.71. The maximum Gasteiger partial charge on any atom is 0.275 e. The minimum absolute atomic E-state index is 0.0590. The molecule has 5 nitrogen and oxygen atoms in total. The van der Waals surface area contributed by atoms with Crippen molar-refractivity contribution in [3.05, 3.63) is 29.8 Å².